The molecular weight excluding hydrogens is 352 g/mol. The molecule has 0 fully saturated rings. The maximum absolute atomic E-state index is 11.3. The summed E-state index contributed by atoms with van der Waals surface area (Å²) in [7, 11) is -4.07. The number of sulfonamides is 1. The lowest BCUT2D eigenvalue weighted by atomic mass is 10.1. The molecule has 25 heavy (non-hydrogen) atoms. The minimum atomic E-state index is -4.07. The van der Waals surface area contributed by atoms with Crippen LogP contribution in [0.4, 0.5) is 11.4 Å². The molecule has 2 rings (SSSR count). The van der Waals surface area contributed by atoms with E-state index in [4.69, 9.17) is 10.2 Å². The summed E-state index contributed by atoms with van der Waals surface area (Å²) in [6, 6.07) is 8.89. The quantitative estimate of drug-likeness (QED) is 0.395. The Balaban J connectivity index is 2.22. The molecule has 130 valence electrons. The van der Waals surface area contributed by atoms with Crippen LogP contribution in [-0.4, -0.2) is 30.6 Å². The molecule has 0 atom stereocenters. The van der Waals surface area contributed by atoms with Gasteiger partial charge in [0.25, 0.3) is 5.69 Å². The van der Waals surface area contributed by atoms with Crippen LogP contribution in [-0.2, 0) is 10.0 Å². The van der Waals surface area contributed by atoms with Crippen LogP contribution in [0.25, 0.3) is 0 Å². The summed E-state index contributed by atoms with van der Waals surface area (Å²) in [6.07, 6.45) is 1.32. The number of carbonyl (C=O) groups is 1. The largest absolute Gasteiger partial charge is 0.478 e. The molecule has 11 heteroatoms. The first-order valence-corrected chi connectivity index (χ1v) is 8.17. The third-order valence-electron chi connectivity index (χ3n) is 3.05. The van der Waals surface area contributed by atoms with Crippen molar-refractivity contribution in [3.05, 3.63) is 63.7 Å². The molecule has 0 aromatic heterocycles. The Morgan fingerprint density at radius 2 is 1.88 bits per heavy atom. The maximum Gasteiger partial charge on any atom is 0.335 e. The number of rotatable bonds is 6. The highest BCUT2D eigenvalue weighted by molar-refractivity contribution is 7.89. The summed E-state index contributed by atoms with van der Waals surface area (Å²) in [5.41, 5.74) is 2.56. The van der Waals surface area contributed by atoms with E-state index in [1.807, 2.05) is 0 Å². The Bertz CT molecular complexity index is 954. The Hall–Kier alpha value is -3.31. The van der Waals surface area contributed by atoms with Gasteiger partial charge in [0.15, 0.2) is 0 Å². The zero-order chi connectivity index (χ0) is 18.6. The van der Waals surface area contributed by atoms with Crippen molar-refractivity contribution >= 4 is 33.6 Å². The Kier molecular flexibility index (Phi) is 5.10. The molecule has 2 aromatic rings. The molecule has 0 aliphatic carbocycles. The van der Waals surface area contributed by atoms with E-state index in [-0.39, 0.29) is 11.3 Å². The first-order chi connectivity index (χ1) is 11.7. The van der Waals surface area contributed by atoms with E-state index in [1.54, 1.807) is 0 Å². The topological polar surface area (TPSA) is 165 Å². The van der Waals surface area contributed by atoms with Crippen LogP contribution in [0.15, 0.2) is 52.5 Å². The van der Waals surface area contributed by atoms with Crippen molar-refractivity contribution in [3.63, 3.8) is 0 Å². The summed E-state index contributed by atoms with van der Waals surface area (Å²) in [5.74, 6) is -1.06. The van der Waals surface area contributed by atoms with Crippen molar-refractivity contribution in [1.82, 2.24) is 0 Å². The average Bonchev–Trinajstić information content (AvgIpc) is 2.54. The number of primary sulfonamides is 1. The minimum Gasteiger partial charge on any atom is -0.478 e. The molecule has 0 saturated heterocycles. The van der Waals surface area contributed by atoms with Crippen molar-refractivity contribution < 1.29 is 23.2 Å². The normalized spacial score (nSPS) is 11.4. The van der Waals surface area contributed by atoms with Gasteiger partial charge in [0.1, 0.15) is 5.69 Å². The summed E-state index contributed by atoms with van der Waals surface area (Å²) < 4.78 is 22.5. The van der Waals surface area contributed by atoms with Crippen LogP contribution in [0.1, 0.15) is 15.9 Å². The zero-order valence-electron chi connectivity index (χ0n) is 12.5. The van der Waals surface area contributed by atoms with Gasteiger partial charge in [-0.15, -0.1) is 0 Å². The number of nitro benzene ring substituents is 1. The number of benzene rings is 2. The molecule has 0 spiro atoms. The van der Waals surface area contributed by atoms with Gasteiger partial charge in [0.05, 0.1) is 21.6 Å². The molecule has 10 nitrogen and oxygen atoms in total. The lowest BCUT2D eigenvalue weighted by Crippen LogP contribution is -2.12. The van der Waals surface area contributed by atoms with Gasteiger partial charge in [0, 0.05) is 6.07 Å². The van der Waals surface area contributed by atoms with Gasteiger partial charge < -0.3 is 5.11 Å². The number of nitro groups is 1. The van der Waals surface area contributed by atoms with Crippen LogP contribution in [0.3, 0.4) is 0 Å². The van der Waals surface area contributed by atoms with E-state index in [1.165, 1.54) is 36.5 Å². The Morgan fingerprint density at radius 3 is 2.40 bits per heavy atom. The van der Waals surface area contributed by atoms with Crippen molar-refractivity contribution in [2.24, 2.45) is 10.2 Å². The number of hydrogen-bond donors (Lipinski definition) is 3. The second-order valence-corrected chi connectivity index (χ2v) is 6.34. The molecule has 0 unspecified atom stereocenters. The van der Waals surface area contributed by atoms with Gasteiger partial charge in [-0.1, -0.05) is 12.1 Å². The standard InChI is InChI=1S/C14H12N4O6S/c15-25(23,24)11-5-6-12(13(7-11)18(21)22)17-16-8-9-1-3-10(4-2-9)14(19)20/h1-8,17H,(H,19,20)(H2,15,23,24). The highest BCUT2D eigenvalue weighted by atomic mass is 32.2. The highest BCUT2D eigenvalue weighted by Gasteiger charge is 2.18. The van der Waals surface area contributed by atoms with E-state index < -0.39 is 31.5 Å². The fourth-order valence-electron chi connectivity index (χ4n) is 1.82. The average molecular weight is 364 g/mol. The van der Waals surface area contributed by atoms with Crippen molar-refractivity contribution in [2.45, 2.75) is 4.90 Å². The van der Waals surface area contributed by atoms with Gasteiger partial charge in [-0.3, -0.25) is 15.5 Å². The van der Waals surface area contributed by atoms with Gasteiger partial charge in [-0.2, -0.15) is 5.10 Å². The summed E-state index contributed by atoms with van der Waals surface area (Å²) in [6.45, 7) is 0. The molecule has 0 radical (unpaired) electrons. The van der Waals surface area contributed by atoms with Crippen molar-refractivity contribution in [1.29, 1.82) is 0 Å². The first kappa shape index (κ1) is 18.0. The monoisotopic (exact) mass is 364 g/mol. The van der Waals surface area contributed by atoms with Gasteiger partial charge >= 0.3 is 5.97 Å². The summed E-state index contributed by atoms with van der Waals surface area (Å²) in [4.78, 5) is 20.6. The number of nitrogens with one attached hydrogen (secondary N) is 1. The fourth-order valence-corrected chi connectivity index (χ4v) is 2.36. The molecule has 2 aromatic carbocycles. The number of hydrazone groups is 1. The van der Waals surface area contributed by atoms with E-state index >= 15 is 0 Å². The van der Waals surface area contributed by atoms with Crippen LogP contribution in [0.5, 0.6) is 0 Å². The van der Waals surface area contributed by atoms with E-state index in [0.717, 1.165) is 12.1 Å². The number of hydrogen-bond acceptors (Lipinski definition) is 7. The molecule has 0 amide bonds. The third-order valence-corrected chi connectivity index (χ3v) is 3.96. The third kappa shape index (κ3) is 4.59. The molecule has 0 saturated carbocycles. The molecule has 4 N–H and O–H groups in total. The smallest absolute Gasteiger partial charge is 0.335 e. The molecule has 0 aliphatic rings. The van der Waals surface area contributed by atoms with Gasteiger partial charge in [0.2, 0.25) is 10.0 Å². The van der Waals surface area contributed by atoms with Crippen LogP contribution in [0.2, 0.25) is 0 Å². The number of carboxylic acids is 1. The zero-order valence-corrected chi connectivity index (χ0v) is 13.3. The second kappa shape index (κ2) is 7.07. The Labute approximate surface area is 141 Å². The van der Waals surface area contributed by atoms with E-state index in [2.05, 4.69) is 10.5 Å². The van der Waals surface area contributed by atoms with Gasteiger partial charge in [-0.25, -0.2) is 18.4 Å². The number of nitrogens with two attached hydrogens (primary N) is 1. The van der Waals surface area contributed by atoms with Crippen molar-refractivity contribution in [2.75, 3.05) is 5.43 Å². The van der Waals surface area contributed by atoms with Crippen LogP contribution < -0.4 is 10.6 Å². The molecule has 0 heterocycles. The SMILES string of the molecule is NS(=O)(=O)c1ccc(NN=Cc2ccc(C(=O)O)cc2)c([N+](=O)[O-])c1. The predicted octanol–water partition coefficient (Wildman–Crippen LogP) is 1.39. The van der Waals surface area contributed by atoms with Gasteiger partial charge in [-0.05, 0) is 29.8 Å². The molecule has 0 bridgehead atoms. The fraction of sp³-hybridized carbons (Fsp3) is 0. The minimum absolute atomic E-state index is 0.0317. The Morgan fingerprint density at radius 1 is 1.24 bits per heavy atom. The predicted molar refractivity (Wildman–Crippen MR) is 89.1 cm³/mol. The lowest BCUT2D eigenvalue weighted by molar-refractivity contribution is -0.384. The highest BCUT2D eigenvalue weighted by Crippen LogP contribution is 2.27. The summed E-state index contributed by atoms with van der Waals surface area (Å²) >= 11 is 0. The molecule has 0 aliphatic heterocycles. The lowest BCUT2D eigenvalue weighted by Gasteiger charge is -2.04. The first-order valence-electron chi connectivity index (χ1n) is 6.62. The number of aromatic carboxylic acids is 1. The second-order valence-electron chi connectivity index (χ2n) is 4.78. The number of carboxylic acid groups (broad SMARTS) is 1. The number of nitrogens with zero attached hydrogens (tertiary/aromatic N) is 2. The van der Waals surface area contributed by atoms with Crippen LogP contribution >= 0.6 is 0 Å². The maximum atomic E-state index is 11.3. The summed E-state index contributed by atoms with van der Waals surface area (Å²) in [5, 5.41) is 28.6. The van der Waals surface area contributed by atoms with Crippen molar-refractivity contribution in [3.8, 4) is 0 Å². The molecular formula is C14H12N4O6S. The van der Waals surface area contributed by atoms with E-state index in [9.17, 15) is 23.3 Å². The van der Waals surface area contributed by atoms with Crippen LogP contribution in [0, 0.1) is 10.1 Å². The van der Waals surface area contributed by atoms with E-state index in [0.29, 0.717) is 5.56 Å². The number of anilines is 1.